The monoisotopic (exact) mass is 795 g/mol. The van der Waals surface area contributed by atoms with E-state index < -0.39 is 13.5 Å². The third kappa shape index (κ3) is 4.96. The van der Waals surface area contributed by atoms with E-state index in [-0.39, 0.29) is 0 Å². The van der Waals surface area contributed by atoms with E-state index in [4.69, 9.17) is 0 Å². The largest absolute Gasteiger partial charge is 0.310 e. The smallest absolute Gasteiger partial charge is 0.0991 e. The maximum atomic E-state index is 9.85. The highest BCUT2D eigenvalue weighted by atomic mass is 28.3. The number of nitriles is 1. The molecule has 1 spiro atoms. The minimum absolute atomic E-state index is 0.585. The number of hydrogen-bond acceptors (Lipinski definition) is 2. The molecule has 2 aliphatic rings. The molecule has 0 bridgehead atoms. The number of nitrogens with zero attached hydrogens (tertiary/aromatic N) is 3. The van der Waals surface area contributed by atoms with Crippen molar-refractivity contribution in [2.75, 3.05) is 4.90 Å². The maximum Gasteiger partial charge on any atom is 0.0991 e. The van der Waals surface area contributed by atoms with Crippen LogP contribution in [0.2, 0.25) is 19.6 Å². The average Bonchev–Trinajstić information content (AvgIpc) is 3.90. The van der Waals surface area contributed by atoms with E-state index in [0.29, 0.717) is 5.56 Å². The van der Waals surface area contributed by atoms with Gasteiger partial charge in [0.05, 0.1) is 41.8 Å². The maximum absolute atomic E-state index is 9.85. The fourth-order valence-corrected chi connectivity index (χ4v) is 11.9. The van der Waals surface area contributed by atoms with E-state index in [0.717, 1.165) is 22.7 Å². The average molecular weight is 796 g/mol. The molecule has 288 valence electrons. The number of rotatable bonds is 5. The molecule has 61 heavy (non-hydrogen) atoms. The highest BCUT2D eigenvalue weighted by Crippen LogP contribution is 2.65. The molecule has 0 saturated carbocycles. The first-order valence-electron chi connectivity index (χ1n) is 21.2. The standard InChI is InChI=1S/C57H41N3Si/c1-61(2,3)41-31-29-40(30-32-41)59(39-27-25-37(36-58)26-28-39)55-35-52-56(46-21-8-7-19-44(46)55)48-34-54-47(45-20-11-14-24-53(45)60(54)38-15-5-4-6-16-38)33-51(48)57(52)49-22-12-9-17-42(49)43-18-10-13-23-50(43)57/h4-35H,1-3H3. The van der Waals surface area contributed by atoms with Gasteiger partial charge in [0, 0.05) is 33.2 Å². The summed E-state index contributed by atoms with van der Waals surface area (Å²) in [5.74, 6) is 0. The third-order valence-corrected chi connectivity index (χ3v) is 15.4. The van der Waals surface area contributed by atoms with Gasteiger partial charge in [-0.2, -0.15) is 5.26 Å². The second-order valence-electron chi connectivity index (χ2n) is 17.6. The van der Waals surface area contributed by atoms with Gasteiger partial charge < -0.3 is 9.47 Å². The first-order chi connectivity index (χ1) is 29.9. The Labute approximate surface area is 357 Å². The Hall–Kier alpha value is -7.45. The van der Waals surface area contributed by atoms with Crippen LogP contribution < -0.4 is 10.1 Å². The molecule has 0 unspecified atom stereocenters. The zero-order chi connectivity index (χ0) is 41.0. The third-order valence-electron chi connectivity index (χ3n) is 13.4. The molecule has 9 aromatic carbocycles. The first kappa shape index (κ1) is 35.5. The lowest BCUT2D eigenvalue weighted by Crippen LogP contribution is -2.37. The zero-order valence-electron chi connectivity index (χ0n) is 34.3. The fraction of sp³-hybridized carbons (Fsp3) is 0.0702. The van der Waals surface area contributed by atoms with Crippen LogP contribution in [0, 0.1) is 11.3 Å². The van der Waals surface area contributed by atoms with Crippen LogP contribution in [0.1, 0.15) is 27.8 Å². The van der Waals surface area contributed by atoms with E-state index in [1.807, 2.05) is 12.1 Å². The summed E-state index contributed by atoms with van der Waals surface area (Å²) < 4.78 is 2.44. The van der Waals surface area contributed by atoms with Crippen LogP contribution in [0.5, 0.6) is 0 Å². The number of hydrogen-bond donors (Lipinski definition) is 0. The number of anilines is 3. The van der Waals surface area contributed by atoms with E-state index >= 15 is 0 Å². The van der Waals surface area contributed by atoms with Crippen molar-refractivity contribution in [1.82, 2.24) is 4.57 Å². The van der Waals surface area contributed by atoms with Gasteiger partial charge in [0.1, 0.15) is 0 Å². The number of para-hydroxylation sites is 2. The van der Waals surface area contributed by atoms with E-state index in [1.54, 1.807) is 0 Å². The number of benzene rings is 9. The lowest BCUT2D eigenvalue weighted by Gasteiger charge is -2.33. The molecule has 0 radical (unpaired) electrons. The Morgan fingerprint density at radius 3 is 1.70 bits per heavy atom. The predicted molar refractivity (Wildman–Crippen MR) is 257 cm³/mol. The van der Waals surface area contributed by atoms with E-state index in [1.165, 1.54) is 82.3 Å². The normalized spacial score (nSPS) is 13.3. The van der Waals surface area contributed by atoms with Crippen molar-refractivity contribution < 1.29 is 0 Å². The molecule has 1 aromatic heterocycles. The highest BCUT2D eigenvalue weighted by molar-refractivity contribution is 6.88. The quantitative estimate of drug-likeness (QED) is 0.163. The summed E-state index contributed by atoms with van der Waals surface area (Å²) in [5, 5.41) is 16.2. The van der Waals surface area contributed by atoms with Crippen LogP contribution in [-0.4, -0.2) is 12.6 Å². The Morgan fingerprint density at radius 1 is 0.475 bits per heavy atom. The molecule has 0 fully saturated rings. The molecule has 0 saturated heterocycles. The predicted octanol–water partition coefficient (Wildman–Crippen LogP) is 14.2. The topological polar surface area (TPSA) is 32.0 Å². The SMILES string of the molecule is C[Si](C)(C)c1ccc(N(c2ccc(C#N)cc2)c2cc3c(c4ccccc24)-c2cc4c(cc2C32c3ccccc3-c3ccccc32)c2ccccc2n4-c2ccccc2)cc1. The minimum Gasteiger partial charge on any atom is -0.310 e. The summed E-state index contributed by atoms with van der Waals surface area (Å²) in [5.41, 5.74) is 17.1. The molecule has 0 N–H and O–H groups in total. The van der Waals surface area contributed by atoms with Gasteiger partial charge in [-0.05, 0) is 123 Å². The van der Waals surface area contributed by atoms with Crippen LogP contribution >= 0.6 is 0 Å². The minimum atomic E-state index is -1.56. The van der Waals surface area contributed by atoms with Gasteiger partial charge >= 0.3 is 0 Å². The number of aromatic nitrogens is 1. The van der Waals surface area contributed by atoms with Crippen molar-refractivity contribution in [3.8, 4) is 34.0 Å². The van der Waals surface area contributed by atoms with Crippen molar-refractivity contribution in [2.24, 2.45) is 0 Å². The summed E-state index contributed by atoms with van der Waals surface area (Å²) in [6.07, 6.45) is 0. The summed E-state index contributed by atoms with van der Waals surface area (Å²) in [4.78, 5) is 2.41. The first-order valence-corrected chi connectivity index (χ1v) is 24.7. The second-order valence-corrected chi connectivity index (χ2v) is 22.7. The van der Waals surface area contributed by atoms with Crippen LogP contribution in [0.4, 0.5) is 17.1 Å². The molecule has 0 atom stereocenters. The van der Waals surface area contributed by atoms with Crippen LogP contribution in [-0.2, 0) is 5.41 Å². The second kappa shape index (κ2) is 13.0. The van der Waals surface area contributed by atoms with Gasteiger partial charge in [-0.1, -0.05) is 146 Å². The molecule has 2 aliphatic carbocycles. The van der Waals surface area contributed by atoms with Crippen molar-refractivity contribution >= 4 is 62.9 Å². The Morgan fingerprint density at radius 2 is 1.05 bits per heavy atom. The van der Waals surface area contributed by atoms with Crippen molar-refractivity contribution in [1.29, 1.82) is 5.26 Å². The van der Waals surface area contributed by atoms with Crippen LogP contribution in [0.25, 0.3) is 60.5 Å². The summed E-state index contributed by atoms with van der Waals surface area (Å²) >= 11 is 0. The van der Waals surface area contributed by atoms with E-state index in [9.17, 15) is 5.26 Å². The van der Waals surface area contributed by atoms with Gasteiger partial charge in [-0.3, -0.25) is 0 Å². The molecule has 1 heterocycles. The van der Waals surface area contributed by atoms with Crippen molar-refractivity contribution in [2.45, 2.75) is 25.1 Å². The van der Waals surface area contributed by atoms with Gasteiger partial charge in [0.2, 0.25) is 0 Å². The Kier molecular flexibility index (Phi) is 7.58. The molecule has 0 aliphatic heterocycles. The Bertz CT molecular complexity index is 3410. The highest BCUT2D eigenvalue weighted by Gasteiger charge is 2.53. The molecule has 3 nitrogen and oxygen atoms in total. The van der Waals surface area contributed by atoms with Crippen molar-refractivity contribution in [3.05, 3.63) is 222 Å². The molecule has 12 rings (SSSR count). The van der Waals surface area contributed by atoms with Gasteiger partial charge in [0.25, 0.3) is 0 Å². The lowest BCUT2D eigenvalue weighted by molar-refractivity contribution is 0.795. The summed E-state index contributed by atoms with van der Waals surface area (Å²) in [7, 11) is -1.56. The fourth-order valence-electron chi connectivity index (χ4n) is 10.7. The Balaban J connectivity index is 1.24. The van der Waals surface area contributed by atoms with Crippen LogP contribution in [0.15, 0.2) is 194 Å². The van der Waals surface area contributed by atoms with Gasteiger partial charge in [-0.25, -0.2) is 0 Å². The molecule has 0 amide bonds. The molecular weight excluding hydrogens is 755 g/mol. The number of fused-ring (bicyclic) bond motifs is 15. The van der Waals surface area contributed by atoms with E-state index in [2.05, 4.69) is 217 Å². The van der Waals surface area contributed by atoms with Gasteiger partial charge in [-0.15, -0.1) is 0 Å². The lowest BCUT2D eigenvalue weighted by atomic mass is 9.70. The van der Waals surface area contributed by atoms with Crippen LogP contribution in [0.3, 0.4) is 0 Å². The molecular formula is C57H41N3Si. The zero-order valence-corrected chi connectivity index (χ0v) is 35.3. The summed E-state index contributed by atoms with van der Waals surface area (Å²) in [6.45, 7) is 7.20. The van der Waals surface area contributed by atoms with Crippen molar-refractivity contribution in [3.63, 3.8) is 0 Å². The molecule has 4 heteroatoms. The molecule has 10 aromatic rings. The van der Waals surface area contributed by atoms with Gasteiger partial charge in [0.15, 0.2) is 0 Å². The summed E-state index contributed by atoms with van der Waals surface area (Å²) in [6, 6.07) is 74.0.